The summed E-state index contributed by atoms with van der Waals surface area (Å²) in [5.74, 6) is 0.903. The summed E-state index contributed by atoms with van der Waals surface area (Å²) in [6, 6.07) is 5.74. The number of rotatable bonds is 4. The van der Waals surface area contributed by atoms with Crippen LogP contribution < -0.4 is 10.1 Å². The van der Waals surface area contributed by atoms with Crippen LogP contribution in [0.1, 0.15) is 31.7 Å². The average molecular weight is 240 g/mol. The van der Waals surface area contributed by atoms with Crippen LogP contribution in [0.15, 0.2) is 18.2 Å². The van der Waals surface area contributed by atoms with Crippen LogP contribution in [-0.2, 0) is 6.54 Å². The highest BCUT2D eigenvalue weighted by atomic mass is 35.5. The van der Waals surface area contributed by atoms with Crippen molar-refractivity contribution in [3.8, 4) is 5.75 Å². The predicted octanol–water partition coefficient (Wildman–Crippen LogP) is 3.38. The molecule has 0 aromatic heterocycles. The molecular weight excluding hydrogens is 222 g/mol. The molecule has 2 nitrogen and oxygen atoms in total. The molecule has 1 N–H and O–H groups in total. The zero-order valence-corrected chi connectivity index (χ0v) is 10.6. The molecule has 0 radical (unpaired) electrons. The third-order valence-corrected chi connectivity index (χ3v) is 3.64. The smallest absolute Gasteiger partial charge is 0.123 e. The molecule has 0 unspecified atom stereocenters. The summed E-state index contributed by atoms with van der Waals surface area (Å²) in [6.45, 7) is 3.09. The maximum absolute atomic E-state index is 5.99. The van der Waals surface area contributed by atoms with Crippen molar-refractivity contribution in [1.29, 1.82) is 0 Å². The van der Waals surface area contributed by atoms with Gasteiger partial charge in [-0.2, -0.15) is 0 Å². The third-order valence-electron chi connectivity index (χ3n) is 3.41. The second-order valence-corrected chi connectivity index (χ2v) is 5.16. The lowest BCUT2D eigenvalue weighted by Crippen LogP contribution is -2.47. The molecule has 0 spiro atoms. The fourth-order valence-electron chi connectivity index (χ4n) is 2.08. The Hall–Kier alpha value is -0.730. The molecule has 1 saturated carbocycles. The maximum atomic E-state index is 5.99. The fraction of sp³-hybridized carbons (Fsp3) is 0.538. The molecule has 1 fully saturated rings. The summed E-state index contributed by atoms with van der Waals surface area (Å²) in [5, 5.41) is 4.34. The van der Waals surface area contributed by atoms with Crippen LogP contribution >= 0.6 is 11.6 Å². The first kappa shape index (κ1) is 11.7. The number of halogens is 1. The van der Waals surface area contributed by atoms with Gasteiger partial charge in [-0.3, -0.25) is 0 Å². The van der Waals surface area contributed by atoms with Crippen LogP contribution in [0.25, 0.3) is 0 Å². The van der Waals surface area contributed by atoms with Gasteiger partial charge in [0, 0.05) is 22.7 Å². The Morgan fingerprint density at radius 2 is 2.19 bits per heavy atom. The summed E-state index contributed by atoms with van der Waals surface area (Å²) in [4.78, 5) is 0. The molecule has 16 heavy (non-hydrogen) atoms. The number of benzene rings is 1. The van der Waals surface area contributed by atoms with Gasteiger partial charge in [-0.15, -0.1) is 0 Å². The van der Waals surface area contributed by atoms with Crippen molar-refractivity contribution in [3.63, 3.8) is 0 Å². The topological polar surface area (TPSA) is 21.3 Å². The molecular formula is C13H18ClNO. The van der Waals surface area contributed by atoms with E-state index in [1.807, 2.05) is 18.2 Å². The first-order valence-electron chi connectivity index (χ1n) is 5.70. The third kappa shape index (κ3) is 2.50. The number of ether oxygens (including phenoxy) is 1. The molecule has 1 aliphatic carbocycles. The van der Waals surface area contributed by atoms with Gasteiger partial charge in [-0.1, -0.05) is 11.6 Å². The summed E-state index contributed by atoms with van der Waals surface area (Å²) in [6.07, 6.45) is 3.85. The second-order valence-electron chi connectivity index (χ2n) is 4.72. The van der Waals surface area contributed by atoms with E-state index in [4.69, 9.17) is 16.3 Å². The highest BCUT2D eigenvalue weighted by Crippen LogP contribution is 2.32. The van der Waals surface area contributed by atoms with Gasteiger partial charge in [0.15, 0.2) is 0 Å². The summed E-state index contributed by atoms with van der Waals surface area (Å²) in [5.41, 5.74) is 1.44. The molecule has 0 atom stereocenters. The van der Waals surface area contributed by atoms with Gasteiger partial charge in [0.05, 0.1) is 7.11 Å². The highest BCUT2D eigenvalue weighted by Gasteiger charge is 2.30. The lowest BCUT2D eigenvalue weighted by Gasteiger charge is -2.39. The van der Waals surface area contributed by atoms with Crippen molar-refractivity contribution >= 4 is 11.6 Å². The van der Waals surface area contributed by atoms with Gasteiger partial charge < -0.3 is 10.1 Å². The van der Waals surface area contributed by atoms with Gasteiger partial charge >= 0.3 is 0 Å². The van der Waals surface area contributed by atoms with Crippen molar-refractivity contribution in [2.75, 3.05) is 7.11 Å². The number of hydrogen-bond acceptors (Lipinski definition) is 2. The Morgan fingerprint density at radius 1 is 1.44 bits per heavy atom. The largest absolute Gasteiger partial charge is 0.496 e. The van der Waals surface area contributed by atoms with Crippen LogP contribution in [0, 0.1) is 0 Å². The quantitative estimate of drug-likeness (QED) is 0.870. The Kier molecular flexibility index (Phi) is 3.41. The lowest BCUT2D eigenvalue weighted by molar-refractivity contribution is 0.206. The van der Waals surface area contributed by atoms with Crippen LogP contribution in [-0.4, -0.2) is 12.6 Å². The van der Waals surface area contributed by atoms with Gasteiger partial charge in [0.2, 0.25) is 0 Å². The van der Waals surface area contributed by atoms with Crippen LogP contribution in [0.2, 0.25) is 5.02 Å². The molecule has 0 bridgehead atoms. The first-order valence-corrected chi connectivity index (χ1v) is 6.08. The van der Waals surface area contributed by atoms with Crippen molar-refractivity contribution < 1.29 is 4.74 Å². The molecule has 1 aromatic rings. The Balaban J connectivity index is 2.04. The second kappa shape index (κ2) is 4.64. The van der Waals surface area contributed by atoms with E-state index in [1.54, 1.807) is 7.11 Å². The van der Waals surface area contributed by atoms with Gasteiger partial charge in [-0.25, -0.2) is 0 Å². The standard InChI is InChI=1S/C13H18ClNO/c1-13(6-3-7-13)15-9-10-8-11(14)4-5-12(10)16-2/h4-5,8,15H,3,6-7,9H2,1-2H3. The Morgan fingerprint density at radius 3 is 2.75 bits per heavy atom. The minimum Gasteiger partial charge on any atom is -0.496 e. The Labute approximate surface area is 102 Å². The van der Waals surface area contributed by atoms with Crippen molar-refractivity contribution in [3.05, 3.63) is 28.8 Å². The van der Waals surface area contributed by atoms with E-state index in [0.717, 1.165) is 22.9 Å². The first-order chi connectivity index (χ1) is 7.63. The molecule has 0 heterocycles. The van der Waals surface area contributed by atoms with E-state index >= 15 is 0 Å². The van der Waals surface area contributed by atoms with E-state index in [0.29, 0.717) is 5.54 Å². The molecule has 2 rings (SSSR count). The van der Waals surface area contributed by atoms with E-state index < -0.39 is 0 Å². The molecule has 1 aliphatic rings. The minimum atomic E-state index is 0.313. The fourth-order valence-corrected chi connectivity index (χ4v) is 2.27. The summed E-state index contributed by atoms with van der Waals surface area (Å²) < 4.78 is 5.32. The molecule has 0 saturated heterocycles. The zero-order valence-electron chi connectivity index (χ0n) is 9.85. The number of hydrogen-bond donors (Lipinski definition) is 1. The zero-order chi connectivity index (χ0) is 11.6. The van der Waals surface area contributed by atoms with E-state index in [9.17, 15) is 0 Å². The SMILES string of the molecule is COc1ccc(Cl)cc1CNC1(C)CCC1. The van der Waals surface area contributed by atoms with Crippen molar-refractivity contribution in [2.45, 2.75) is 38.3 Å². The van der Waals surface area contributed by atoms with E-state index in [-0.39, 0.29) is 0 Å². The number of nitrogens with one attached hydrogen (secondary N) is 1. The Bertz CT molecular complexity index is 374. The summed E-state index contributed by atoms with van der Waals surface area (Å²) in [7, 11) is 1.69. The average Bonchev–Trinajstić information content (AvgIpc) is 2.24. The monoisotopic (exact) mass is 239 g/mol. The van der Waals surface area contributed by atoms with Gasteiger partial charge in [0.1, 0.15) is 5.75 Å². The normalized spacial score (nSPS) is 17.9. The van der Waals surface area contributed by atoms with E-state index in [1.165, 1.54) is 19.3 Å². The molecule has 88 valence electrons. The number of methoxy groups -OCH3 is 1. The van der Waals surface area contributed by atoms with Crippen molar-refractivity contribution in [2.24, 2.45) is 0 Å². The van der Waals surface area contributed by atoms with Crippen LogP contribution in [0.3, 0.4) is 0 Å². The van der Waals surface area contributed by atoms with Crippen molar-refractivity contribution in [1.82, 2.24) is 5.32 Å². The predicted molar refractivity (Wildman–Crippen MR) is 67.1 cm³/mol. The van der Waals surface area contributed by atoms with Gasteiger partial charge in [-0.05, 0) is 44.4 Å². The summed E-state index contributed by atoms with van der Waals surface area (Å²) >= 11 is 5.99. The van der Waals surface area contributed by atoms with E-state index in [2.05, 4.69) is 12.2 Å². The van der Waals surface area contributed by atoms with Gasteiger partial charge in [0.25, 0.3) is 0 Å². The van der Waals surface area contributed by atoms with Crippen LogP contribution in [0.5, 0.6) is 5.75 Å². The van der Waals surface area contributed by atoms with Crippen LogP contribution in [0.4, 0.5) is 0 Å². The molecule has 0 amide bonds. The lowest BCUT2D eigenvalue weighted by atomic mass is 9.78. The molecule has 1 aromatic carbocycles. The maximum Gasteiger partial charge on any atom is 0.123 e. The highest BCUT2D eigenvalue weighted by molar-refractivity contribution is 6.30. The molecule has 0 aliphatic heterocycles. The molecule has 3 heteroatoms. The minimum absolute atomic E-state index is 0.313.